The molecule has 3 N–H and O–H groups in total. The van der Waals surface area contributed by atoms with Crippen LogP contribution in [0.4, 0.5) is 5.69 Å². The Morgan fingerprint density at radius 2 is 1.95 bits per heavy atom. The first-order valence-corrected chi connectivity index (χ1v) is 8.32. The maximum absolute atomic E-state index is 11.9. The van der Waals surface area contributed by atoms with Crippen LogP contribution in [0.1, 0.15) is 25.8 Å². The molecule has 1 aromatic carbocycles. The normalized spacial score (nSPS) is 11.7. The zero-order chi connectivity index (χ0) is 16.0. The smallest absolute Gasteiger partial charge is 0.240 e. The number of amides is 1. The van der Waals surface area contributed by atoms with Crippen LogP contribution < -0.4 is 15.4 Å². The topological polar surface area (TPSA) is 87.3 Å². The minimum absolute atomic E-state index is 0.131. The molecule has 0 saturated carbocycles. The molecule has 0 aliphatic rings. The van der Waals surface area contributed by atoms with Crippen molar-refractivity contribution in [2.45, 2.75) is 38.1 Å². The van der Waals surface area contributed by atoms with Gasteiger partial charge in [-0.3, -0.25) is 4.79 Å². The van der Waals surface area contributed by atoms with Gasteiger partial charge in [0.25, 0.3) is 0 Å². The van der Waals surface area contributed by atoms with Crippen LogP contribution in [-0.2, 0) is 14.8 Å². The van der Waals surface area contributed by atoms with Gasteiger partial charge in [-0.05, 0) is 31.7 Å². The molecule has 0 radical (unpaired) electrons. The van der Waals surface area contributed by atoms with Crippen molar-refractivity contribution in [1.82, 2.24) is 10.0 Å². The first kappa shape index (κ1) is 17.6. The number of anilines is 1. The van der Waals surface area contributed by atoms with Gasteiger partial charge in [0.2, 0.25) is 15.9 Å². The summed E-state index contributed by atoms with van der Waals surface area (Å²) in [6, 6.07) is 4.97. The molecule has 0 aromatic heterocycles. The molecule has 0 unspecified atom stereocenters. The minimum atomic E-state index is -3.52. The third-order valence-corrected chi connectivity index (χ3v) is 4.38. The van der Waals surface area contributed by atoms with Crippen LogP contribution in [0, 0.1) is 6.92 Å². The number of hydrogen-bond acceptors (Lipinski definition) is 4. The van der Waals surface area contributed by atoms with Crippen LogP contribution in [0.3, 0.4) is 0 Å². The summed E-state index contributed by atoms with van der Waals surface area (Å²) in [5, 5.41) is 5.90. The summed E-state index contributed by atoms with van der Waals surface area (Å²) < 4.78 is 25.8. The fourth-order valence-corrected chi connectivity index (χ4v) is 2.46. The van der Waals surface area contributed by atoms with Gasteiger partial charge < -0.3 is 10.6 Å². The van der Waals surface area contributed by atoms with Crippen LogP contribution in [0.2, 0.25) is 0 Å². The summed E-state index contributed by atoms with van der Waals surface area (Å²) in [6.45, 7) is 6.41. The lowest BCUT2D eigenvalue weighted by atomic mass is 10.2. The molecule has 1 rings (SSSR count). The van der Waals surface area contributed by atoms with Crippen molar-refractivity contribution < 1.29 is 13.2 Å². The van der Waals surface area contributed by atoms with Crippen LogP contribution in [0.15, 0.2) is 23.1 Å². The lowest BCUT2D eigenvalue weighted by molar-refractivity contribution is -0.116. The second-order valence-electron chi connectivity index (χ2n) is 5.09. The summed E-state index contributed by atoms with van der Waals surface area (Å²) in [7, 11) is -2.16. The van der Waals surface area contributed by atoms with Crippen molar-refractivity contribution in [1.29, 1.82) is 0 Å². The molecule has 0 atom stereocenters. The van der Waals surface area contributed by atoms with Gasteiger partial charge >= 0.3 is 0 Å². The van der Waals surface area contributed by atoms with E-state index in [-0.39, 0.29) is 10.8 Å². The molecule has 21 heavy (non-hydrogen) atoms. The second-order valence-corrected chi connectivity index (χ2v) is 6.98. The van der Waals surface area contributed by atoms with E-state index < -0.39 is 10.0 Å². The zero-order valence-corrected chi connectivity index (χ0v) is 13.7. The van der Waals surface area contributed by atoms with Gasteiger partial charge in [-0.15, -0.1) is 0 Å². The molecule has 0 fully saturated rings. The molecule has 0 spiro atoms. The Hall–Kier alpha value is -1.44. The quantitative estimate of drug-likeness (QED) is 0.706. The first-order chi connectivity index (χ1) is 9.76. The number of aryl methyl sites for hydroxylation is 1. The molecule has 118 valence electrons. The molecule has 0 heterocycles. The average molecular weight is 313 g/mol. The molecule has 0 saturated heterocycles. The fourth-order valence-electron chi connectivity index (χ4n) is 1.71. The van der Waals surface area contributed by atoms with Crippen molar-refractivity contribution in [3.63, 3.8) is 0 Å². The third-order valence-electron chi connectivity index (χ3n) is 2.97. The average Bonchev–Trinajstić information content (AvgIpc) is 2.40. The zero-order valence-electron chi connectivity index (χ0n) is 12.9. The van der Waals surface area contributed by atoms with Gasteiger partial charge in [0.1, 0.15) is 0 Å². The molecule has 0 aliphatic carbocycles. The van der Waals surface area contributed by atoms with E-state index in [1.807, 2.05) is 20.8 Å². The number of carbonyl (C=O) groups is 1. The van der Waals surface area contributed by atoms with Gasteiger partial charge in [0.05, 0.1) is 4.90 Å². The van der Waals surface area contributed by atoms with E-state index in [0.29, 0.717) is 24.7 Å². The van der Waals surface area contributed by atoms with Crippen molar-refractivity contribution >= 4 is 21.6 Å². The Morgan fingerprint density at radius 3 is 2.52 bits per heavy atom. The van der Waals surface area contributed by atoms with Gasteiger partial charge in [0.15, 0.2) is 0 Å². The number of carbonyl (C=O) groups excluding carboxylic acids is 1. The first-order valence-electron chi connectivity index (χ1n) is 6.83. The monoisotopic (exact) mass is 313 g/mol. The fraction of sp³-hybridized carbons (Fsp3) is 0.500. The van der Waals surface area contributed by atoms with Gasteiger partial charge in [0, 0.05) is 24.7 Å². The lowest BCUT2D eigenvalue weighted by Crippen LogP contribution is -2.27. The molecule has 7 heteroatoms. The van der Waals surface area contributed by atoms with E-state index in [9.17, 15) is 13.2 Å². The maximum Gasteiger partial charge on any atom is 0.240 e. The van der Waals surface area contributed by atoms with Gasteiger partial charge in [-0.2, -0.15) is 0 Å². The van der Waals surface area contributed by atoms with Gasteiger partial charge in [-0.1, -0.05) is 19.9 Å². The minimum Gasteiger partial charge on any atom is -0.326 e. The molecule has 0 bridgehead atoms. The highest BCUT2D eigenvalue weighted by atomic mass is 32.2. The van der Waals surface area contributed by atoms with E-state index in [1.165, 1.54) is 19.2 Å². The number of hydrogen-bond donors (Lipinski definition) is 3. The van der Waals surface area contributed by atoms with Gasteiger partial charge in [-0.25, -0.2) is 13.1 Å². The van der Waals surface area contributed by atoms with Crippen molar-refractivity contribution in [3.05, 3.63) is 23.8 Å². The molecule has 1 aromatic rings. The Bertz CT molecular complexity index is 597. The summed E-state index contributed by atoms with van der Waals surface area (Å²) in [5.74, 6) is -0.148. The largest absolute Gasteiger partial charge is 0.326 e. The number of sulfonamides is 1. The Kier molecular flexibility index (Phi) is 6.32. The van der Waals surface area contributed by atoms with Crippen LogP contribution in [-0.4, -0.2) is 34.0 Å². The summed E-state index contributed by atoms with van der Waals surface area (Å²) in [6.07, 6.45) is 0.334. The lowest BCUT2D eigenvalue weighted by Gasteiger charge is -2.12. The Labute approximate surface area is 126 Å². The van der Waals surface area contributed by atoms with Crippen molar-refractivity contribution in [3.8, 4) is 0 Å². The van der Waals surface area contributed by atoms with Crippen molar-refractivity contribution in [2.75, 3.05) is 18.9 Å². The number of nitrogens with one attached hydrogen (secondary N) is 3. The van der Waals surface area contributed by atoms with Crippen LogP contribution >= 0.6 is 0 Å². The maximum atomic E-state index is 11.9. The SMILES string of the molecule is CNS(=O)(=O)c1ccc(C)c(NC(=O)CCNC(C)C)c1. The highest BCUT2D eigenvalue weighted by molar-refractivity contribution is 7.89. The van der Waals surface area contributed by atoms with Crippen LogP contribution in [0.5, 0.6) is 0 Å². The Morgan fingerprint density at radius 1 is 1.29 bits per heavy atom. The summed E-state index contributed by atoms with van der Waals surface area (Å²) >= 11 is 0. The highest BCUT2D eigenvalue weighted by Gasteiger charge is 2.14. The second kappa shape index (κ2) is 7.53. The molecular weight excluding hydrogens is 290 g/mol. The summed E-state index contributed by atoms with van der Waals surface area (Å²) in [5.41, 5.74) is 1.33. The van der Waals surface area contributed by atoms with Crippen molar-refractivity contribution in [2.24, 2.45) is 0 Å². The number of rotatable bonds is 7. The van der Waals surface area contributed by atoms with E-state index in [4.69, 9.17) is 0 Å². The van der Waals surface area contributed by atoms with Crippen LogP contribution in [0.25, 0.3) is 0 Å². The van der Waals surface area contributed by atoms with E-state index in [0.717, 1.165) is 5.56 Å². The highest BCUT2D eigenvalue weighted by Crippen LogP contribution is 2.20. The van der Waals surface area contributed by atoms with E-state index in [2.05, 4.69) is 15.4 Å². The molecule has 1 amide bonds. The molecule has 6 nitrogen and oxygen atoms in total. The Balaban J connectivity index is 2.79. The summed E-state index contributed by atoms with van der Waals surface area (Å²) in [4.78, 5) is 12.0. The predicted molar refractivity (Wildman–Crippen MR) is 83.8 cm³/mol. The standard InChI is InChI=1S/C14H23N3O3S/c1-10(2)16-8-7-14(18)17-13-9-12(6-5-11(13)3)21(19,20)15-4/h5-6,9-10,15-16H,7-8H2,1-4H3,(H,17,18). The third kappa shape index (κ3) is 5.45. The molecular formula is C14H23N3O3S. The number of benzene rings is 1. The van der Waals surface area contributed by atoms with E-state index >= 15 is 0 Å². The van der Waals surface area contributed by atoms with E-state index in [1.54, 1.807) is 6.07 Å². The predicted octanol–water partition coefficient (Wildman–Crippen LogP) is 1.23. The molecule has 0 aliphatic heterocycles.